The maximum absolute atomic E-state index is 13.1. The largest absolute Gasteiger partial charge is 0.311 e. The lowest BCUT2D eigenvalue weighted by Gasteiger charge is -2.31. The van der Waals surface area contributed by atoms with Gasteiger partial charge in [0.05, 0.1) is 6.54 Å². The van der Waals surface area contributed by atoms with Crippen molar-refractivity contribution in [3.05, 3.63) is 0 Å². The van der Waals surface area contributed by atoms with Crippen LogP contribution in [0.1, 0.15) is 32.6 Å². The van der Waals surface area contributed by atoms with E-state index in [-0.39, 0.29) is 12.5 Å². The van der Waals surface area contributed by atoms with Gasteiger partial charge in [-0.2, -0.15) is 0 Å². The molecule has 72 valence electrons. The van der Waals surface area contributed by atoms with Crippen molar-refractivity contribution in [2.75, 3.05) is 13.1 Å². The molecule has 1 atom stereocenters. The second-order valence-corrected chi connectivity index (χ2v) is 3.57. The highest BCUT2D eigenvalue weighted by Crippen LogP contribution is 2.32. The van der Waals surface area contributed by atoms with Gasteiger partial charge in [0.25, 0.3) is 5.92 Å². The van der Waals surface area contributed by atoms with E-state index in [1.165, 1.54) is 0 Å². The third-order valence-electron chi connectivity index (χ3n) is 2.53. The van der Waals surface area contributed by atoms with Gasteiger partial charge in [-0.25, -0.2) is 8.78 Å². The van der Waals surface area contributed by atoms with Crippen molar-refractivity contribution < 1.29 is 8.78 Å². The molecule has 1 rings (SSSR count). The van der Waals surface area contributed by atoms with Crippen molar-refractivity contribution >= 4 is 0 Å². The van der Waals surface area contributed by atoms with Gasteiger partial charge in [0.2, 0.25) is 0 Å². The summed E-state index contributed by atoms with van der Waals surface area (Å²) in [5.41, 5.74) is 0. The Morgan fingerprint density at radius 2 is 2.25 bits per heavy atom. The van der Waals surface area contributed by atoms with Crippen molar-refractivity contribution in [3.8, 4) is 0 Å². The van der Waals surface area contributed by atoms with Gasteiger partial charge in [-0.3, -0.25) is 0 Å². The van der Waals surface area contributed by atoms with Gasteiger partial charge in [-0.1, -0.05) is 19.8 Å². The summed E-state index contributed by atoms with van der Waals surface area (Å²) < 4.78 is 26.3. The standard InChI is InChI=1S/C9H17F2N/c1-2-3-4-8-5-6-12-7-9(8,10)11/h8,12H,2-7H2,1H3. The summed E-state index contributed by atoms with van der Waals surface area (Å²) in [5.74, 6) is -2.84. The van der Waals surface area contributed by atoms with E-state index in [1.807, 2.05) is 6.92 Å². The first-order chi connectivity index (χ1) is 5.67. The van der Waals surface area contributed by atoms with E-state index in [2.05, 4.69) is 5.32 Å². The van der Waals surface area contributed by atoms with E-state index >= 15 is 0 Å². The topological polar surface area (TPSA) is 12.0 Å². The van der Waals surface area contributed by atoms with Crippen LogP contribution < -0.4 is 5.32 Å². The lowest BCUT2D eigenvalue weighted by atomic mass is 9.89. The van der Waals surface area contributed by atoms with Crippen molar-refractivity contribution in [1.29, 1.82) is 0 Å². The van der Waals surface area contributed by atoms with Gasteiger partial charge in [0.1, 0.15) is 0 Å². The van der Waals surface area contributed by atoms with E-state index in [1.54, 1.807) is 0 Å². The number of hydrogen-bond acceptors (Lipinski definition) is 1. The van der Waals surface area contributed by atoms with E-state index in [9.17, 15) is 8.78 Å². The molecule has 0 saturated carbocycles. The highest BCUT2D eigenvalue weighted by atomic mass is 19.3. The van der Waals surface area contributed by atoms with Gasteiger partial charge in [0.15, 0.2) is 0 Å². The zero-order valence-electron chi connectivity index (χ0n) is 7.58. The second-order valence-electron chi connectivity index (χ2n) is 3.57. The normalized spacial score (nSPS) is 28.8. The van der Waals surface area contributed by atoms with Crippen LogP contribution in [0, 0.1) is 5.92 Å². The minimum atomic E-state index is -2.46. The number of unbranched alkanes of at least 4 members (excludes halogenated alkanes) is 1. The van der Waals surface area contributed by atoms with Crippen LogP contribution in [0.4, 0.5) is 8.78 Å². The lowest BCUT2D eigenvalue weighted by Crippen LogP contribution is -2.45. The van der Waals surface area contributed by atoms with Gasteiger partial charge < -0.3 is 5.32 Å². The Kier molecular flexibility index (Phi) is 3.44. The molecule has 1 aliphatic heterocycles. The fraction of sp³-hybridized carbons (Fsp3) is 1.00. The highest BCUT2D eigenvalue weighted by molar-refractivity contribution is 4.84. The molecule has 0 bridgehead atoms. The molecule has 0 amide bonds. The van der Waals surface area contributed by atoms with Crippen LogP contribution in [0.25, 0.3) is 0 Å². The van der Waals surface area contributed by atoms with Crippen molar-refractivity contribution in [2.24, 2.45) is 5.92 Å². The maximum atomic E-state index is 13.1. The average Bonchev–Trinajstić information content (AvgIpc) is 2.02. The van der Waals surface area contributed by atoms with Crippen molar-refractivity contribution in [3.63, 3.8) is 0 Å². The molecule has 1 nitrogen and oxygen atoms in total. The maximum Gasteiger partial charge on any atom is 0.263 e. The van der Waals surface area contributed by atoms with E-state index in [0.29, 0.717) is 12.8 Å². The summed E-state index contributed by atoms with van der Waals surface area (Å²) >= 11 is 0. The number of piperidine rings is 1. The molecule has 12 heavy (non-hydrogen) atoms. The monoisotopic (exact) mass is 177 g/mol. The molecule has 0 spiro atoms. The Bertz CT molecular complexity index is 136. The molecular weight excluding hydrogens is 160 g/mol. The smallest absolute Gasteiger partial charge is 0.263 e. The van der Waals surface area contributed by atoms with Crippen LogP contribution >= 0.6 is 0 Å². The zero-order valence-corrected chi connectivity index (χ0v) is 7.58. The van der Waals surface area contributed by atoms with Crippen LogP contribution in [0.5, 0.6) is 0 Å². The first kappa shape index (κ1) is 9.90. The third kappa shape index (κ3) is 2.41. The van der Waals surface area contributed by atoms with E-state index in [4.69, 9.17) is 0 Å². The number of nitrogens with one attached hydrogen (secondary N) is 1. The molecule has 1 aliphatic rings. The van der Waals surface area contributed by atoms with E-state index in [0.717, 1.165) is 19.4 Å². The number of rotatable bonds is 3. The molecule has 0 aromatic heterocycles. The minimum Gasteiger partial charge on any atom is -0.311 e. The summed E-state index contributed by atoms with van der Waals surface area (Å²) in [5, 5.41) is 2.73. The molecule has 0 aromatic rings. The Hall–Kier alpha value is -0.180. The van der Waals surface area contributed by atoms with Crippen LogP contribution in [0.2, 0.25) is 0 Å². The lowest BCUT2D eigenvalue weighted by molar-refractivity contribution is -0.0764. The first-order valence-electron chi connectivity index (χ1n) is 4.75. The number of alkyl halides is 2. The fourth-order valence-electron chi connectivity index (χ4n) is 1.69. The highest BCUT2D eigenvalue weighted by Gasteiger charge is 2.40. The van der Waals surface area contributed by atoms with Crippen molar-refractivity contribution in [1.82, 2.24) is 5.32 Å². The molecule has 0 aromatic carbocycles. The third-order valence-corrected chi connectivity index (χ3v) is 2.53. The van der Waals surface area contributed by atoms with Crippen LogP contribution in [-0.2, 0) is 0 Å². The van der Waals surface area contributed by atoms with Crippen LogP contribution in [0.15, 0.2) is 0 Å². The van der Waals surface area contributed by atoms with Gasteiger partial charge >= 0.3 is 0 Å². The molecule has 1 saturated heterocycles. The quantitative estimate of drug-likeness (QED) is 0.698. The van der Waals surface area contributed by atoms with Crippen LogP contribution in [-0.4, -0.2) is 19.0 Å². The Labute approximate surface area is 72.5 Å². The molecule has 1 heterocycles. The predicted octanol–water partition coefficient (Wildman–Crippen LogP) is 2.42. The molecule has 1 N–H and O–H groups in total. The van der Waals surface area contributed by atoms with Crippen molar-refractivity contribution in [2.45, 2.75) is 38.5 Å². The zero-order chi connectivity index (χ0) is 9.03. The average molecular weight is 177 g/mol. The van der Waals surface area contributed by atoms with Crippen LogP contribution in [0.3, 0.4) is 0 Å². The first-order valence-corrected chi connectivity index (χ1v) is 4.75. The second kappa shape index (κ2) is 4.17. The van der Waals surface area contributed by atoms with E-state index < -0.39 is 5.92 Å². The molecule has 3 heteroatoms. The number of halogens is 2. The number of hydrogen-bond donors (Lipinski definition) is 1. The van der Waals surface area contributed by atoms with Gasteiger partial charge in [0, 0.05) is 5.92 Å². The summed E-state index contributed by atoms with van der Waals surface area (Å²) in [7, 11) is 0. The Morgan fingerprint density at radius 1 is 1.50 bits per heavy atom. The Balaban J connectivity index is 2.37. The summed E-state index contributed by atoms with van der Waals surface area (Å²) in [4.78, 5) is 0. The molecule has 0 aliphatic carbocycles. The molecule has 0 radical (unpaired) electrons. The molecular formula is C9H17F2N. The summed E-state index contributed by atoms with van der Waals surface area (Å²) in [6, 6.07) is 0. The minimum absolute atomic E-state index is 0.124. The predicted molar refractivity (Wildman–Crippen MR) is 45.4 cm³/mol. The molecule has 1 unspecified atom stereocenters. The Morgan fingerprint density at radius 3 is 2.83 bits per heavy atom. The van der Waals surface area contributed by atoms with Gasteiger partial charge in [-0.05, 0) is 19.4 Å². The summed E-state index contributed by atoms with van der Waals surface area (Å²) in [6.07, 6.45) is 3.26. The fourth-order valence-corrected chi connectivity index (χ4v) is 1.69. The SMILES string of the molecule is CCCCC1CCNCC1(F)F. The molecule has 1 fully saturated rings. The van der Waals surface area contributed by atoms with Gasteiger partial charge in [-0.15, -0.1) is 0 Å². The summed E-state index contributed by atoms with van der Waals surface area (Å²) in [6.45, 7) is 2.67.